The molecule has 0 amide bonds. The molecule has 1 nitrogen and oxygen atoms in total. The van der Waals surface area contributed by atoms with Crippen LogP contribution < -0.4 is 4.74 Å². The molecule has 0 N–H and O–H groups in total. The monoisotopic (exact) mass is 153 g/mol. The molecule has 0 unspecified atom stereocenters. The van der Waals surface area contributed by atoms with Crippen LogP contribution in [0.3, 0.4) is 0 Å². The first-order valence-electron chi connectivity index (χ1n) is 3.63. The molecule has 0 saturated carbocycles. The maximum absolute atomic E-state index is 12.5. The highest BCUT2D eigenvalue weighted by molar-refractivity contribution is 5.21. The fraction of sp³-hybridized carbons (Fsp3) is 0.333. The fourth-order valence-corrected chi connectivity index (χ4v) is 0.728. The highest BCUT2D eigenvalue weighted by Crippen LogP contribution is 2.11. The number of ether oxygens (including phenoxy) is 1. The topological polar surface area (TPSA) is 9.23 Å². The van der Waals surface area contributed by atoms with Gasteiger partial charge in [-0.15, -0.1) is 0 Å². The van der Waals surface area contributed by atoms with E-state index in [0.717, 1.165) is 6.42 Å². The lowest BCUT2D eigenvalue weighted by atomic mass is 10.3. The lowest BCUT2D eigenvalue weighted by molar-refractivity contribution is 0.316. The van der Waals surface area contributed by atoms with Crippen molar-refractivity contribution >= 4 is 0 Å². The Kier molecular flexibility index (Phi) is 2.90. The molecule has 0 spiro atoms. The molecule has 0 aliphatic rings. The summed E-state index contributed by atoms with van der Waals surface area (Å²) in [5, 5.41) is 0. The Balaban J connectivity index is 2.56. The molecular weight excluding hydrogens is 143 g/mol. The number of hydrogen-bond acceptors (Lipinski definition) is 1. The van der Waals surface area contributed by atoms with Crippen molar-refractivity contribution in [2.45, 2.75) is 13.3 Å². The van der Waals surface area contributed by atoms with Gasteiger partial charge < -0.3 is 4.74 Å². The molecule has 0 heterocycles. The van der Waals surface area contributed by atoms with Gasteiger partial charge in [-0.1, -0.05) is 6.92 Å². The van der Waals surface area contributed by atoms with Crippen LogP contribution in [0.25, 0.3) is 0 Å². The van der Waals surface area contributed by atoms with Gasteiger partial charge in [-0.3, -0.25) is 0 Å². The van der Waals surface area contributed by atoms with Crippen molar-refractivity contribution in [1.29, 1.82) is 0 Å². The van der Waals surface area contributed by atoms with Crippen molar-refractivity contribution in [2.75, 3.05) is 6.61 Å². The standard InChI is InChI=1S/C9H10FO/c1-2-6-11-9-5-3-4-8(10)7-9/h3,5,7H,2,6H2,1H3. The number of benzene rings is 1. The van der Waals surface area contributed by atoms with Gasteiger partial charge in [0.05, 0.1) is 6.61 Å². The average molecular weight is 153 g/mol. The molecule has 1 aromatic carbocycles. The zero-order chi connectivity index (χ0) is 8.10. The number of hydrogen-bond donors (Lipinski definition) is 0. The Morgan fingerprint density at radius 1 is 1.64 bits per heavy atom. The second-order valence-electron chi connectivity index (χ2n) is 2.22. The van der Waals surface area contributed by atoms with Crippen molar-refractivity contribution in [3.05, 3.63) is 30.1 Å². The van der Waals surface area contributed by atoms with Crippen molar-refractivity contribution in [2.24, 2.45) is 0 Å². The number of halogens is 1. The molecule has 0 aromatic heterocycles. The summed E-state index contributed by atoms with van der Waals surface area (Å²) in [6.07, 6.45) is 0.931. The zero-order valence-corrected chi connectivity index (χ0v) is 6.43. The molecule has 1 aromatic rings. The van der Waals surface area contributed by atoms with Crippen LogP contribution in [-0.4, -0.2) is 6.61 Å². The average Bonchev–Trinajstić information content (AvgIpc) is 2.01. The van der Waals surface area contributed by atoms with Crippen LogP contribution in [0.2, 0.25) is 0 Å². The van der Waals surface area contributed by atoms with Crippen LogP contribution in [0, 0.1) is 11.9 Å². The summed E-state index contributed by atoms with van der Waals surface area (Å²) in [5.74, 6) is 0.196. The predicted octanol–water partition coefficient (Wildman–Crippen LogP) is 2.41. The van der Waals surface area contributed by atoms with E-state index in [-0.39, 0.29) is 5.82 Å². The summed E-state index contributed by atoms with van der Waals surface area (Å²) < 4.78 is 17.6. The van der Waals surface area contributed by atoms with E-state index >= 15 is 0 Å². The smallest absolute Gasteiger partial charge is 0.134 e. The Labute approximate surface area is 65.8 Å². The van der Waals surface area contributed by atoms with Crippen molar-refractivity contribution in [3.63, 3.8) is 0 Å². The van der Waals surface area contributed by atoms with Crippen molar-refractivity contribution in [3.8, 4) is 5.75 Å². The Morgan fingerprint density at radius 2 is 2.45 bits per heavy atom. The van der Waals surface area contributed by atoms with Gasteiger partial charge in [-0.2, -0.15) is 0 Å². The molecule has 59 valence electrons. The normalized spacial score (nSPS) is 9.64. The summed E-state index contributed by atoms with van der Waals surface area (Å²) in [7, 11) is 0. The minimum Gasteiger partial charge on any atom is -0.494 e. The van der Waals surface area contributed by atoms with Gasteiger partial charge in [-0.05, 0) is 18.6 Å². The Hall–Kier alpha value is -1.05. The van der Waals surface area contributed by atoms with Gasteiger partial charge in [0.25, 0.3) is 0 Å². The van der Waals surface area contributed by atoms with Crippen LogP contribution in [0.4, 0.5) is 4.39 Å². The zero-order valence-electron chi connectivity index (χ0n) is 6.43. The van der Waals surface area contributed by atoms with E-state index in [1.54, 1.807) is 6.07 Å². The highest BCUT2D eigenvalue weighted by Gasteiger charge is 1.93. The van der Waals surface area contributed by atoms with Gasteiger partial charge in [0.15, 0.2) is 0 Å². The lowest BCUT2D eigenvalue weighted by Crippen LogP contribution is -1.94. The van der Waals surface area contributed by atoms with E-state index in [4.69, 9.17) is 4.74 Å². The largest absolute Gasteiger partial charge is 0.494 e. The molecular formula is C9H10FO. The van der Waals surface area contributed by atoms with Crippen LogP contribution >= 0.6 is 0 Å². The summed E-state index contributed by atoms with van der Waals surface area (Å²) >= 11 is 0. The molecule has 0 saturated heterocycles. The van der Waals surface area contributed by atoms with Gasteiger partial charge in [-0.25, -0.2) is 4.39 Å². The maximum atomic E-state index is 12.5. The molecule has 0 bridgehead atoms. The first-order chi connectivity index (χ1) is 5.33. The summed E-state index contributed by atoms with van der Waals surface area (Å²) in [6.45, 7) is 2.63. The second-order valence-corrected chi connectivity index (χ2v) is 2.22. The molecule has 0 fully saturated rings. The van der Waals surface area contributed by atoms with Gasteiger partial charge in [0, 0.05) is 12.1 Å². The van der Waals surface area contributed by atoms with Gasteiger partial charge in [0.2, 0.25) is 0 Å². The Bertz CT molecular complexity index is 223. The van der Waals surface area contributed by atoms with Gasteiger partial charge >= 0.3 is 0 Å². The van der Waals surface area contributed by atoms with Crippen LogP contribution in [0.15, 0.2) is 18.2 Å². The molecule has 0 atom stereocenters. The number of rotatable bonds is 3. The third kappa shape index (κ3) is 2.58. The molecule has 1 radical (unpaired) electrons. The molecule has 11 heavy (non-hydrogen) atoms. The molecule has 2 heteroatoms. The summed E-state index contributed by atoms with van der Waals surface area (Å²) in [5.41, 5.74) is 0. The first kappa shape index (κ1) is 8.05. The molecule has 0 aliphatic heterocycles. The molecule has 1 rings (SSSR count). The Morgan fingerprint density at radius 3 is 3.09 bits per heavy atom. The predicted molar refractivity (Wildman–Crippen MR) is 41.0 cm³/mol. The minimum absolute atomic E-state index is 0.376. The van der Waals surface area contributed by atoms with E-state index in [2.05, 4.69) is 6.07 Å². The summed E-state index contributed by atoms with van der Waals surface area (Å²) in [4.78, 5) is 0. The van der Waals surface area contributed by atoms with E-state index < -0.39 is 0 Å². The van der Waals surface area contributed by atoms with Crippen molar-refractivity contribution in [1.82, 2.24) is 0 Å². The van der Waals surface area contributed by atoms with Crippen LogP contribution in [0.1, 0.15) is 13.3 Å². The van der Waals surface area contributed by atoms with Crippen LogP contribution in [0.5, 0.6) is 5.75 Å². The lowest BCUT2D eigenvalue weighted by Gasteiger charge is -2.02. The van der Waals surface area contributed by atoms with Crippen molar-refractivity contribution < 1.29 is 9.13 Å². The van der Waals surface area contributed by atoms with E-state index in [1.807, 2.05) is 6.92 Å². The summed E-state index contributed by atoms with van der Waals surface area (Å²) in [6, 6.07) is 6.94. The van der Waals surface area contributed by atoms with Gasteiger partial charge in [0.1, 0.15) is 11.6 Å². The SMILES string of the molecule is CCCOc1cc[c]c(F)c1. The first-order valence-corrected chi connectivity index (χ1v) is 3.63. The third-order valence-corrected chi connectivity index (χ3v) is 1.21. The fourth-order valence-electron chi connectivity index (χ4n) is 0.728. The quantitative estimate of drug-likeness (QED) is 0.648. The highest BCUT2D eigenvalue weighted by atomic mass is 19.1. The van der Waals surface area contributed by atoms with E-state index in [1.165, 1.54) is 12.1 Å². The third-order valence-electron chi connectivity index (χ3n) is 1.21. The second kappa shape index (κ2) is 3.96. The van der Waals surface area contributed by atoms with E-state index in [0.29, 0.717) is 12.4 Å². The van der Waals surface area contributed by atoms with Crippen LogP contribution in [-0.2, 0) is 0 Å². The minimum atomic E-state index is -0.376. The molecule has 0 aliphatic carbocycles. The van der Waals surface area contributed by atoms with E-state index in [9.17, 15) is 4.39 Å². The maximum Gasteiger partial charge on any atom is 0.134 e.